The molecule has 2 bridgehead atoms. The number of nitrogens with zero attached hydrogens (tertiary/aromatic N) is 1. The Morgan fingerprint density at radius 1 is 1.04 bits per heavy atom. The van der Waals surface area contributed by atoms with Gasteiger partial charge in [-0.25, -0.2) is 8.42 Å². The molecule has 0 radical (unpaired) electrons. The minimum absolute atomic E-state index is 0.184. The first kappa shape index (κ1) is 19.0. The van der Waals surface area contributed by atoms with Crippen LogP contribution in [0.1, 0.15) is 31.2 Å². The number of amides is 1. The molecular weight excluding hydrogens is 372 g/mol. The Morgan fingerprint density at radius 2 is 1.75 bits per heavy atom. The van der Waals surface area contributed by atoms with E-state index in [1.54, 1.807) is 42.5 Å². The zero-order valence-electron chi connectivity index (χ0n) is 16.0. The van der Waals surface area contributed by atoms with Crippen LogP contribution in [0.15, 0.2) is 59.5 Å². The molecular formula is C22H26N2O3S. The molecule has 3 atom stereocenters. The minimum atomic E-state index is -3.83. The van der Waals surface area contributed by atoms with Crippen LogP contribution in [0.5, 0.6) is 0 Å². The highest BCUT2D eigenvalue weighted by Crippen LogP contribution is 2.44. The number of benzene rings is 2. The van der Waals surface area contributed by atoms with Crippen molar-refractivity contribution in [3.05, 3.63) is 60.2 Å². The summed E-state index contributed by atoms with van der Waals surface area (Å²) in [4.78, 5) is 13.0. The SMILES string of the molecule is Cc1ccc(N(CC(=O)N[C@@H]2C[C@@H]3CC[C@H]2C3)S(=O)(=O)c2ccccc2)cc1. The third-order valence-electron chi connectivity index (χ3n) is 6.02. The molecule has 0 unspecified atom stereocenters. The normalized spacial score (nSPS) is 23.5. The highest BCUT2D eigenvalue weighted by atomic mass is 32.2. The average molecular weight is 399 g/mol. The number of carbonyl (C=O) groups excluding carboxylic acids is 1. The number of fused-ring (bicyclic) bond motifs is 2. The van der Waals surface area contributed by atoms with Crippen molar-refractivity contribution in [1.29, 1.82) is 0 Å². The lowest BCUT2D eigenvalue weighted by molar-refractivity contribution is -0.120. The van der Waals surface area contributed by atoms with Crippen molar-refractivity contribution >= 4 is 21.6 Å². The van der Waals surface area contributed by atoms with Gasteiger partial charge < -0.3 is 5.32 Å². The van der Waals surface area contributed by atoms with Crippen molar-refractivity contribution in [2.75, 3.05) is 10.8 Å². The molecule has 2 saturated carbocycles. The standard InChI is InChI=1S/C22H26N2O3S/c1-16-7-11-19(12-8-16)24(28(26,27)20-5-3-2-4-6-20)15-22(25)23-21-14-17-9-10-18(21)13-17/h2-8,11-12,17-18,21H,9-10,13-15H2,1H3,(H,23,25)/t17-,18+,21-/m1/s1. The second-order valence-electron chi connectivity index (χ2n) is 8.01. The van der Waals surface area contributed by atoms with Gasteiger partial charge in [-0.2, -0.15) is 0 Å². The van der Waals surface area contributed by atoms with Gasteiger partial charge in [0.25, 0.3) is 10.0 Å². The van der Waals surface area contributed by atoms with Crippen molar-refractivity contribution in [3.8, 4) is 0 Å². The zero-order valence-corrected chi connectivity index (χ0v) is 16.9. The Morgan fingerprint density at radius 3 is 2.36 bits per heavy atom. The topological polar surface area (TPSA) is 66.5 Å². The molecule has 2 aromatic carbocycles. The van der Waals surface area contributed by atoms with Crippen LogP contribution in [0.3, 0.4) is 0 Å². The second kappa shape index (κ2) is 7.59. The number of hydrogen-bond acceptors (Lipinski definition) is 3. The van der Waals surface area contributed by atoms with Gasteiger partial charge >= 0.3 is 0 Å². The Balaban J connectivity index is 1.58. The van der Waals surface area contributed by atoms with Crippen LogP contribution in [0, 0.1) is 18.8 Å². The molecule has 2 aliphatic carbocycles. The van der Waals surface area contributed by atoms with Gasteiger partial charge in [0, 0.05) is 6.04 Å². The number of nitrogens with one attached hydrogen (secondary N) is 1. The highest BCUT2D eigenvalue weighted by molar-refractivity contribution is 7.92. The summed E-state index contributed by atoms with van der Waals surface area (Å²) in [5.41, 5.74) is 1.53. The molecule has 0 saturated heterocycles. The Bertz CT molecular complexity index is 942. The summed E-state index contributed by atoms with van der Waals surface area (Å²) in [6, 6.07) is 15.7. The molecule has 0 spiro atoms. The monoisotopic (exact) mass is 398 g/mol. The van der Waals surface area contributed by atoms with E-state index in [-0.39, 0.29) is 23.4 Å². The van der Waals surface area contributed by atoms with E-state index in [9.17, 15) is 13.2 Å². The molecule has 0 heterocycles. The van der Waals surface area contributed by atoms with E-state index in [1.165, 1.54) is 23.6 Å². The van der Waals surface area contributed by atoms with Crippen molar-refractivity contribution < 1.29 is 13.2 Å². The van der Waals surface area contributed by atoms with E-state index in [4.69, 9.17) is 0 Å². The molecule has 1 amide bonds. The summed E-state index contributed by atoms with van der Waals surface area (Å²) >= 11 is 0. The lowest BCUT2D eigenvalue weighted by atomic mass is 9.95. The summed E-state index contributed by atoms with van der Waals surface area (Å²) in [5, 5.41) is 3.10. The average Bonchev–Trinajstić information content (AvgIpc) is 3.31. The fraction of sp³-hybridized carbons (Fsp3) is 0.409. The van der Waals surface area contributed by atoms with Crippen molar-refractivity contribution in [1.82, 2.24) is 5.32 Å². The maximum Gasteiger partial charge on any atom is 0.264 e. The van der Waals surface area contributed by atoms with Crippen molar-refractivity contribution in [3.63, 3.8) is 0 Å². The molecule has 2 aromatic rings. The molecule has 5 nitrogen and oxygen atoms in total. The van der Waals surface area contributed by atoms with Crippen LogP contribution in [-0.2, 0) is 14.8 Å². The first-order chi connectivity index (χ1) is 13.4. The van der Waals surface area contributed by atoms with E-state index in [1.807, 2.05) is 19.1 Å². The van der Waals surface area contributed by atoms with Gasteiger partial charge in [0.1, 0.15) is 6.54 Å². The van der Waals surface area contributed by atoms with Crippen LogP contribution in [0.4, 0.5) is 5.69 Å². The number of aryl methyl sites for hydroxylation is 1. The lowest BCUT2D eigenvalue weighted by Gasteiger charge is -2.27. The predicted molar refractivity (Wildman–Crippen MR) is 110 cm³/mol. The first-order valence-corrected chi connectivity index (χ1v) is 11.3. The van der Waals surface area contributed by atoms with E-state index in [0.717, 1.165) is 17.9 Å². The number of sulfonamides is 1. The quantitative estimate of drug-likeness (QED) is 0.810. The van der Waals surface area contributed by atoms with Gasteiger partial charge in [-0.05, 0) is 62.3 Å². The number of carbonyl (C=O) groups is 1. The van der Waals surface area contributed by atoms with Crippen LogP contribution in [0.25, 0.3) is 0 Å². The molecule has 28 heavy (non-hydrogen) atoms. The van der Waals surface area contributed by atoms with Gasteiger partial charge in [-0.3, -0.25) is 9.10 Å². The molecule has 0 aromatic heterocycles. The number of rotatable bonds is 6. The summed E-state index contributed by atoms with van der Waals surface area (Å²) in [6.45, 7) is 1.73. The van der Waals surface area contributed by atoms with E-state index < -0.39 is 10.0 Å². The molecule has 0 aliphatic heterocycles. The molecule has 1 N–H and O–H groups in total. The molecule has 2 aliphatic rings. The highest BCUT2D eigenvalue weighted by Gasteiger charge is 2.40. The minimum Gasteiger partial charge on any atom is -0.352 e. The van der Waals surface area contributed by atoms with Gasteiger partial charge in [0.2, 0.25) is 5.91 Å². The molecule has 148 valence electrons. The van der Waals surface area contributed by atoms with E-state index >= 15 is 0 Å². The third-order valence-corrected chi connectivity index (χ3v) is 7.81. The number of hydrogen-bond donors (Lipinski definition) is 1. The molecule has 2 fully saturated rings. The van der Waals surface area contributed by atoms with Crippen LogP contribution < -0.4 is 9.62 Å². The predicted octanol–water partition coefficient (Wildman–Crippen LogP) is 3.50. The zero-order chi connectivity index (χ0) is 19.7. The smallest absolute Gasteiger partial charge is 0.264 e. The molecule has 6 heteroatoms. The van der Waals surface area contributed by atoms with Gasteiger partial charge in [-0.1, -0.05) is 42.3 Å². The van der Waals surface area contributed by atoms with Crippen LogP contribution in [0.2, 0.25) is 0 Å². The van der Waals surface area contributed by atoms with Gasteiger partial charge in [-0.15, -0.1) is 0 Å². The maximum absolute atomic E-state index is 13.3. The Kier molecular flexibility index (Phi) is 5.15. The van der Waals surface area contributed by atoms with Gasteiger partial charge in [0.15, 0.2) is 0 Å². The Hall–Kier alpha value is -2.34. The first-order valence-electron chi connectivity index (χ1n) is 9.87. The molecule has 4 rings (SSSR count). The fourth-order valence-corrected chi connectivity index (χ4v) is 5.99. The van der Waals surface area contributed by atoms with Crippen molar-refractivity contribution in [2.45, 2.75) is 43.5 Å². The van der Waals surface area contributed by atoms with Crippen molar-refractivity contribution in [2.24, 2.45) is 11.8 Å². The third kappa shape index (κ3) is 3.78. The maximum atomic E-state index is 13.3. The number of anilines is 1. The largest absolute Gasteiger partial charge is 0.352 e. The lowest BCUT2D eigenvalue weighted by Crippen LogP contribution is -2.45. The fourth-order valence-electron chi connectivity index (χ4n) is 4.55. The van der Waals surface area contributed by atoms with Gasteiger partial charge in [0.05, 0.1) is 10.6 Å². The summed E-state index contributed by atoms with van der Waals surface area (Å²) in [5.74, 6) is 1.03. The summed E-state index contributed by atoms with van der Waals surface area (Å²) in [7, 11) is -3.83. The van der Waals surface area contributed by atoms with Crippen LogP contribution >= 0.6 is 0 Å². The Labute approximate surface area is 166 Å². The van der Waals surface area contributed by atoms with E-state index in [0.29, 0.717) is 11.6 Å². The second-order valence-corrected chi connectivity index (χ2v) is 9.87. The van der Waals surface area contributed by atoms with E-state index in [2.05, 4.69) is 5.32 Å². The summed E-state index contributed by atoms with van der Waals surface area (Å²) in [6.07, 6.45) is 4.63. The summed E-state index contributed by atoms with van der Waals surface area (Å²) < 4.78 is 27.7. The van der Waals surface area contributed by atoms with Crippen LogP contribution in [-0.4, -0.2) is 26.9 Å².